The zero-order chi connectivity index (χ0) is 10.4. The second-order valence-corrected chi connectivity index (χ2v) is 3.76. The molecule has 0 spiro atoms. The van der Waals surface area contributed by atoms with Gasteiger partial charge >= 0.3 is 0 Å². The zero-order valence-corrected chi connectivity index (χ0v) is 9.25. The number of rotatable bonds is 6. The fraction of sp³-hybridized carbons (Fsp3) is 0.667. The van der Waals surface area contributed by atoms with Gasteiger partial charge in [0.25, 0.3) is 0 Å². The largest absolute Gasteiger partial charge is 0.464 e. The Bertz CT molecular complexity index is 255. The molecule has 2 nitrogen and oxygen atoms in total. The van der Waals surface area contributed by atoms with Crippen LogP contribution in [0.1, 0.15) is 57.1 Å². The minimum absolute atomic E-state index is 0.0850. The van der Waals surface area contributed by atoms with Gasteiger partial charge in [0, 0.05) is 6.42 Å². The Hall–Kier alpha value is -0.760. The molecule has 0 aliphatic carbocycles. The molecule has 2 heteroatoms. The SMILES string of the molecule is CCCCC[C@H](N)c1ccc(CC)o1. The van der Waals surface area contributed by atoms with Crippen LogP contribution in [0.25, 0.3) is 0 Å². The summed E-state index contributed by atoms with van der Waals surface area (Å²) in [6.07, 6.45) is 5.67. The summed E-state index contributed by atoms with van der Waals surface area (Å²) >= 11 is 0. The predicted molar refractivity (Wildman–Crippen MR) is 59.2 cm³/mol. The Morgan fingerprint density at radius 3 is 2.64 bits per heavy atom. The summed E-state index contributed by atoms with van der Waals surface area (Å²) in [6.45, 7) is 4.29. The highest BCUT2D eigenvalue weighted by Crippen LogP contribution is 2.20. The molecule has 0 saturated carbocycles. The molecule has 0 amide bonds. The van der Waals surface area contributed by atoms with E-state index in [0.717, 1.165) is 24.4 Å². The lowest BCUT2D eigenvalue weighted by Gasteiger charge is -2.07. The summed E-state index contributed by atoms with van der Waals surface area (Å²) in [5.74, 6) is 1.98. The molecule has 1 atom stereocenters. The van der Waals surface area contributed by atoms with E-state index < -0.39 is 0 Å². The molecule has 0 saturated heterocycles. The van der Waals surface area contributed by atoms with Gasteiger partial charge in [0.15, 0.2) is 0 Å². The number of furan rings is 1. The van der Waals surface area contributed by atoms with Crippen LogP contribution in [-0.2, 0) is 6.42 Å². The Balaban J connectivity index is 2.39. The van der Waals surface area contributed by atoms with Gasteiger partial charge in [-0.2, -0.15) is 0 Å². The van der Waals surface area contributed by atoms with Crippen molar-refractivity contribution in [3.05, 3.63) is 23.7 Å². The summed E-state index contributed by atoms with van der Waals surface area (Å²) in [5.41, 5.74) is 6.01. The van der Waals surface area contributed by atoms with Gasteiger partial charge < -0.3 is 10.2 Å². The fourth-order valence-electron chi connectivity index (χ4n) is 1.54. The maximum atomic E-state index is 6.01. The van der Waals surface area contributed by atoms with Gasteiger partial charge in [-0.05, 0) is 18.6 Å². The lowest BCUT2D eigenvalue weighted by Crippen LogP contribution is -2.08. The van der Waals surface area contributed by atoms with Crippen molar-refractivity contribution in [2.45, 2.75) is 52.0 Å². The third-order valence-electron chi connectivity index (χ3n) is 2.52. The van der Waals surface area contributed by atoms with Gasteiger partial charge in [0.05, 0.1) is 6.04 Å². The summed E-state index contributed by atoms with van der Waals surface area (Å²) in [5, 5.41) is 0. The molecule has 0 aliphatic rings. The first kappa shape index (κ1) is 11.3. The van der Waals surface area contributed by atoms with Crippen molar-refractivity contribution >= 4 is 0 Å². The van der Waals surface area contributed by atoms with Gasteiger partial charge in [-0.1, -0.05) is 33.1 Å². The first-order valence-electron chi connectivity index (χ1n) is 5.62. The van der Waals surface area contributed by atoms with E-state index in [4.69, 9.17) is 10.2 Å². The summed E-state index contributed by atoms with van der Waals surface area (Å²) in [6, 6.07) is 4.12. The smallest absolute Gasteiger partial charge is 0.120 e. The third kappa shape index (κ3) is 3.18. The van der Waals surface area contributed by atoms with E-state index in [0.29, 0.717) is 0 Å². The van der Waals surface area contributed by atoms with Gasteiger partial charge in [0.1, 0.15) is 11.5 Å². The lowest BCUT2D eigenvalue weighted by molar-refractivity contribution is 0.418. The first-order chi connectivity index (χ1) is 6.77. The number of nitrogens with two attached hydrogens (primary N) is 1. The number of hydrogen-bond donors (Lipinski definition) is 1. The van der Waals surface area contributed by atoms with Crippen LogP contribution >= 0.6 is 0 Å². The van der Waals surface area contributed by atoms with Gasteiger partial charge in [0.2, 0.25) is 0 Å². The van der Waals surface area contributed by atoms with E-state index >= 15 is 0 Å². The van der Waals surface area contributed by atoms with E-state index in [1.54, 1.807) is 0 Å². The molecule has 14 heavy (non-hydrogen) atoms. The molecule has 0 aromatic carbocycles. The van der Waals surface area contributed by atoms with Crippen molar-refractivity contribution in [3.8, 4) is 0 Å². The molecular formula is C12H21NO. The van der Waals surface area contributed by atoms with Crippen LogP contribution < -0.4 is 5.73 Å². The molecule has 0 unspecified atom stereocenters. The van der Waals surface area contributed by atoms with Crippen LogP contribution in [-0.4, -0.2) is 0 Å². The standard InChI is InChI=1S/C12H21NO/c1-3-5-6-7-11(13)12-9-8-10(4-2)14-12/h8-9,11H,3-7,13H2,1-2H3/t11-/m0/s1. The Kier molecular flexibility index (Phi) is 4.74. The van der Waals surface area contributed by atoms with Crippen molar-refractivity contribution in [2.24, 2.45) is 5.73 Å². The average molecular weight is 195 g/mol. The van der Waals surface area contributed by atoms with Crippen LogP contribution in [0.3, 0.4) is 0 Å². The second kappa shape index (κ2) is 5.86. The van der Waals surface area contributed by atoms with Crippen LogP contribution in [0.4, 0.5) is 0 Å². The first-order valence-corrected chi connectivity index (χ1v) is 5.62. The van der Waals surface area contributed by atoms with E-state index in [-0.39, 0.29) is 6.04 Å². The highest BCUT2D eigenvalue weighted by atomic mass is 16.3. The molecule has 2 N–H and O–H groups in total. The normalized spacial score (nSPS) is 13.1. The quantitative estimate of drug-likeness (QED) is 0.706. The van der Waals surface area contributed by atoms with Crippen LogP contribution in [0.2, 0.25) is 0 Å². The molecule has 0 radical (unpaired) electrons. The molecule has 0 bridgehead atoms. The van der Waals surface area contributed by atoms with Crippen LogP contribution in [0, 0.1) is 0 Å². The molecule has 1 aromatic rings. The molecule has 80 valence electrons. The minimum atomic E-state index is 0.0850. The van der Waals surface area contributed by atoms with Crippen LogP contribution in [0.15, 0.2) is 16.5 Å². The minimum Gasteiger partial charge on any atom is -0.464 e. The maximum Gasteiger partial charge on any atom is 0.120 e. The highest BCUT2D eigenvalue weighted by molar-refractivity contribution is 5.10. The third-order valence-corrected chi connectivity index (χ3v) is 2.52. The topological polar surface area (TPSA) is 39.2 Å². The molecule has 0 fully saturated rings. The van der Waals surface area contributed by atoms with Crippen molar-refractivity contribution in [1.82, 2.24) is 0 Å². The van der Waals surface area contributed by atoms with Gasteiger partial charge in [-0.15, -0.1) is 0 Å². The lowest BCUT2D eigenvalue weighted by atomic mass is 10.1. The van der Waals surface area contributed by atoms with E-state index in [1.807, 2.05) is 12.1 Å². The maximum absolute atomic E-state index is 6.01. The summed E-state index contributed by atoms with van der Waals surface area (Å²) < 4.78 is 5.60. The second-order valence-electron chi connectivity index (χ2n) is 3.76. The molecule has 1 rings (SSSR count). The fourth-order valence-corrected chi connectivity index (χ4v) is 1.54. The summed E-state index contributed by atoms with van der Waals surface area (Å²) in [7, 11) is 0. The van der Waals surface area contributed by atoms with Gasteiger partial charge in [-0.3, -0.25) is 0 Å². The van der Waals surface area contributed by atoms with E-state index in [1.165, 1.54) is 19.3 Å². The number of hydrogen-bond acceptors (Lipinski definition) is 2. The van der Waals surface area contributed by atoms with E-state index in [9.17, 15) is 0 Å². The molecular weight excluding hydrogens is 174 g/mol. The average Bonchev–Trinajstić information content (AvgIpc) is 2.66. The number of unbranched alkanes of at least 4 members (excludes halogenated alkanes) is 2. The van der Waals surface area contributed by atoms with Crippen molar-refractivity contribution in [2.75, 3.05) is 0 Å². The van der Waals surface area contributed by atoms with Crippen molar-refractivity contribution in [1.29, 1.82) is 0 Å². The van der Waals surface area contributed by atoms with Gasteiger partial charge in [-0.25, -0.2) is 0 Å². The Morgan fingerprint density at radius 1 is 1.29 bits per heavy atom. The zero-order valence-electron chi connectivity index (χ0n) is 9.25. The van der Waals surface area contributed by atoms with Crippen LogP contribution in [0.5, 0.6) is 0 Å². The highest BCUT2D eigenvalue weighted by Gasteiger charge is 2.09. The monoisotopic (exact) mass is 195 g/mol. The van der Waals surface area contributed by atoms with E-state index in [2.05, 4.69) is 13.8 Å². The molecule has 1 heterocycles. The van der Waals surface area contributed by atoms with Crippen molar-refractivity contribution < 1.29 is 4.42 Å². The molecule has 0 aliphatic heterocycles. The Labute approximate surface area is 86.5 Å². The van der Waals surface area contributed by atoms with Crippen molar-refractivity contribution in [3.63, 3.8) is 0 Å². The predicted octanol–water partition coefficient (Wildman–Crippen LogP) is 3.42. The number of aryl methyl sites for hydroxylation is 1. The molecule has 1 aromatic heterocycles. The Morgan fingerprint density at radius 2 is 2.07 bits per heavy atom. The summed E-state index contributed by atoms with van der Waals surface area (Å²) in [4.78, 5) is 0.